The fraction of sp³-hybridized carbons (Fsp3) is 0.240. The number of methoxy groups -OCH3 is 2. The fourth-order valence-corrected chi connectivity index (χ4v) is 4.58. The predicted molar refractivity (Wildman–Crippen MR) is 128 cm³/mol. The minimum absolute atomic E-state index is 0.196. The third-order valence-corrected chi connectivity index (χ3v) is 6.46. The second-order valence-electron chi connectivity index (χ2n) is 7.73. The highest BCUT2D eigenvalue weighted by Gasteiger charge is 2.36. The Labute approximate surface area is 201 Å². The van der Waals surface area contributed by atoms with Crippen molar-refractivity contribution in [3.05, 3.63) is 81.8 Å². The Balaban J connectivity index is 1.66. The van der Waals surface area contributed by atoms with E-state index in [0.29, 0.717) is 33.2 Å². The minimum Gasteiger partial charge on any atom is -0.497 e. The lowest BCUT2D eigenvalue weighted by Crippen LogP contribution is -2.39. The van der Waals surface area contributed by atoms with Gasteiger partial charge in [0.25, 0.3) is 11.8 Å². The van der Waals surface area contributed by atoms with Crippen LogP contribution in [0.4, 0.5) is 4.39 Å². The Morgan fingerprint density at radius 2 is 1.94 bits per heavy atom. The van der Waals surface area contributed by atoms with Crippen molar-refractivity contribution in [2.45, 2.75) is 12.5 Å². The number of carbonyl (C=O) groups is 2. The van der Waals surface area contributed by atoms with Gasteiger partial charge >= 0.3 is 0 Å². The van der Waals surface area contributed by atoms with Gasteiger partial charge in [-0.1, -0.05) is 24.3 Å². The highest BCUT2D eigenvalue weighted by Crippen LogP contribution is 2.37. The summed E-state index contributed by atoms with van der Waals surface area (Å²) in [4.78, 5) is 27.8. The van der Waals surface area contributed by atoms with Crippen LogP contribution >= 0.6 is 11.3 Å². The number of hydrogen-bond acceptors (Lipinski definition) is 6. The van der Waals surface area contributed by atoms with Gasteiger partial charge in [-0.3, -0.25) is 9.59 Å². The summed E-state index contributed by atoms with van der Waals surface area (Å²) in [5.41, 5.74) is 1.62. The van der Waals surface area contributed by atoms with Gasteiger partial charge in [0.15, 0.2) is 0 Å². The SMILES string of the molecule is COc1ccc(C2=NN(C(=O)CN(C)C(=O)c3cccs3)C(c3ccccc3F)C2)c(OC)c1. The Bertz CT molecular complexity index is 1230. The predicted octanol–water partition coefficient (Wildman–Crippen LogP) is 4.35. The zero-order chi connectivity index (χ0) is 24.2. The van der Waals surface area contributed by atoms with Gasteiger partial charge < -0.3 is 14.4 Å². The summed E-state index contributed by atoms with van der Waals surface area (Å²) in [6.45, 7) is -0.196. The molecule has 0 N–H and O–H groups in total. The monoisotopic (exact) mass is 481 g/mol. The van der Waals surface area contributed by atoms with Gasteiger partial charge in [0, 0.05) is 30.7 Å². The molecule has 1 aliphatic rings. The third kappa shape index (κ3) is 4.65. The Morgan fingerprint density at radius 1 is 1.15 bits per heavy atom. The summed E-state index contributed by atoms with van der Waals surface area (Å²) >= 11 is 1.31. The first kappa shape index (κ1) is 23.4. The molecule has 0 saturated heterocycles. The number of hydrazone groups is 1. The number of hydrogen-bond donors (Lipinski definition) is 0. The average Bonchev–Trinajstić information content (AvgIpc) is 3.54. The minimum atomic E-state index is -0.652. The molecule has 1 aliphatic heterocycles. The van der Waals surface area contributed by atoms with Crippen LogP contribution in [-0.2, 0) is 4.79 Å². The number of carbonyl (C=O) groups excluding carboxylic acids is 2. The molecular formula is C25H24FN3O4S. The number of nitrogens with zero attached hydrogens (tertiary/aromatic N) is 3. The lowest BCUT2D eigenvalue weighted by Gasteiger charge is -2.25. The van der Waals surface area contributed by atoms with Gasteiger partial charge in [0.05, 0.1) is 30.9 Å². The van der Waals surface area contributed by atoms with E-state index in [1.165, 1.54) is 34.4 Å². The molecule has 9 heteroatoms. The standard InChI is InChI=1S/C25H24FN3O4S/c1-28(25(31)23-9-6-12-34-23)15-24(30)29-21(17-7-4-5-8-19(17)26)14-20(27-29)18-11-10-16(32-2)13-22(18)33-3/h4-13,21H,14-15H2,1-3H3. The largest absolute Gasteiger partial charge is 0.497 e. The highest BCUT2D eigenvalue weighted by atomic mass is 32.1. The van der Waals surface area contributed by atoms with Crippen molar-refractivity contribution in [1.82, 2.24) is 9.91 Å². The van der Waals surface area contributed by atoms with E-state index in [2.05, 4.69) is 5.10 Å². The van der Waals surface area contributed by atoms with E-state index in [1.54, 1.807) is 68.1 Å². The molecule has 1 atom stereocenters. The number of ether oxygens (including phenoxy) is 2. The fourth-order valence-electron chi connectivity index (χ4n) is 3.86. The molecule has 7 nitrogen and oxygen atoms in total. The van der Waals surface area contributed by atoms with Crippen molar-refractivity contribution in [3.63, 3.8) is 0 Å². The zero-order valence-corrected chi connectivity index (χ0v) is 19.8. The topological polar surface area (TPSA) is 71.4 Å². The van der Waals surface area contributed by atoms with Crippen molar-refractivity contribution in [3.8, 4) is 11.5 Å². The van der Waals surface area contributed by atoms with E-state index in [-0.39, 0.29) is 18.9 Å². The number of thiophene rings is 1. The van der Waals surface area contributed by atoms with Gasteiger partial charge in [0.1, 0.15) is 23.9 Å². The summed E-state index contributed by atoms with van der Waals surface area (Å²) in [5, 5.41) is 7.65. The molecule has 0 saturated carbocycles. The van der Waals surface area contributed by atoms with E-state index in [0.717, 1.165) is 0 Å². The molecule has 1 aromatic heterocycles. The van der Waals surface area contributed by atoms with Crippen LogP contribution in [0.25, 0.3) is 0 Å². The van der Waals surface area contributed by atoms with Crippen molar-refractivity contribution >= 4 is 28.9 Å². The zero-order valence-electron chi connectivity index (χ0n) is 19.0. The van der Waals surface area contributed by atoms with Crippen LogP contribution in [-0.4, -0.2) is 55.2 Å². The molecule has 0 fully saturated rings. The molecule has 176 valence electrons. The quantitative estimate of drug-likeness (QED) is 0.503. The van der Waals surface area contributed by atoms with E-state index >= 15 is 0 Å². The van der Waals surface area contributed by atoms with Crippen LogP contribution in [0, 0.1) is 5.82 Å². The van der Waals surface area contributed by atoms with Crippen LogP contribution in [0.15, 0.2) is 65.1 Å². The molecule has 34 heavy (non-hydrogen) atoms. The first-order valence-electron chi connectivity index (χ1n) is 10.6. The Morgan fingerprint density at radius 3 is 2.62 bits per heavy atom. The van der Waals surface area contributed by atoms with Crippen molar-refractivity contribution < 1.29 is 23.5 Å². The molecule has 0 radical (unpaired) electrons. The van der Waals surface area contributed by atoms with E-state index in [1.807, 2.05) is 0 Å². The molecule has 2 aromatic carbocycles. The molecule has 0 aliphatic carbocycles. The van der Waals surface area contributed by atoms with Crippen molar-refractivity contribution in [2.24, 2.45) is 5.10 Å². The second-order valence-corrected chi connectivity index (χ2v) is 8.68. The van der Waals surface area contributed by atoms with Crippen molar-refractivity contribution in [1.29, 1.82) is 0 Å². The van der Waals surface area contributed by atoms with Gasteiger partial charge in [-0.15, -0.1) is 11.3 Å². The maximum absolute atomic E-state index is 14.7. The van der Waals surface area contributed by atoms with Gasteiger partial charge in [-0.25, -0.2) is 9.40 Å². The molecule has 0 spiro atoms. The first-order chi connectivity index (χ1) is 16.4. The normalized spacial score (nSPS) is 15.1. The third-order valence-electron chi connectivity index (χ3n) is 5.60. The van der Waals surface area contributed by atoms with Crippen LogP contribution in [0.2, 0.25) is 0 Å². The van der Waals surface area contributed by atoms with Crippen molar-refractivity contribution in [2.75, 3.05) is 27.8 Å². The maximum Gasteiger partial charge on any atom is 0.264 e. The van der Waals surface area contributed by atoms with Crippen LogP contribution in [0.1, 0.15) is 33.3 Å². The molecule has 2 heterocycles. The number of benzene rings is 2. The smallest absolute Gasteiger partial charge is 0.264 e. The number of amides is 2. The maximum atomic E-state index is 14.7. The lowest BCUT2D eigenvalue weighted by molar-refractivity contribution is -0.133. The van der Waals surface area contributed by atoms with E-state index < -0.39 is 17.8 Å². The summed E-state index contributed by atoms with van der Waals surface area (Å²) < 4.78 is 25.5. The summed E-state index contributed by atoms with van der Waals surface area (Å²) in [6.07, 6.45) is 0.290. The van der Waals surface area contributed by atoms with E-state index in [9.17, 15) is 14.0 Å². The second kappa shape index (κ2) is 10.0. The van der Waals surface area contributed by atoms with E-state index in [4.69, 9.17) is 9.47 Å². The van der Waals surface area contributed by atoms with Gasteiger partial charge in [-0.2, -0.15) is 5.10 Å². The molecular weight excluding hydrogens is 457 g/mol. The van der Waals surface area contributed by atoms with Crippen LogP contribution < -0.4 is 9.47 Å². The summed E-state index contributed by atoms with van der Waals surface area (Å²) in [5.74, 6) is 0.0526. The van der Waals surface area contributed by atoms with Gasteiger partial charge in [0.2, 0.25) is 0 Å². The Hall–Kier alpha value is -3.72. The van der Waals surface area contributed by atoms with Crippen LogP contribution in [0.3, 0.4) is 0 Å². The lowest BCUT2D eigenvalue weighted by atomic mass is 9.97. The molecule has 2 amide bonds. The first-order valence-corrected chi connectivity index (χ1v) is 11.5. The number of likely N-dealkylation sites (N-methyl/N-ethyl adjacent to an activating group) is 1. The van der Waals surface area contributed by atoms with Crippen LogP contribution in [0.5, 0.6) is 11.5 Å². The molecule has 0 bridgehead atoms. The summed E-state index contributed by atoms with van der Waals surface area (Å²) in [6, 6.07) is 14.5. The Kier molecular flexibility index (Phi) is 6.93. The molecule has 4 rings (SSSR count). The van der Waals surface area contributed by atoms with Gasteiger partial charge in [-0.05, 0) is 29.6 Å². The molecule has 1 unspecified atom stereocenters. The highest BCUT2D eigenvalue weighted by molar-refractivity contribution is 7.12. The average molecular weight is 482 g/mol. The number of halogens is 1. The number of rotatable bonds is 7. The summed E-state index contributed by atoms with van der Waals surface area (Å²) in [7, 11) is 4.66. The molecule has 3 aromatic rings.